The number of rotatable bonds is 12. The Morgan fingerprint density at radius 1 is 1.06 bits per heavy atom. The SMILES string of the molecule is C=CCCC(CCCCCCCCC)NN. The first-order valence-electron chi connectivity index (χ1n) is 6.92. The highest BCUT2D eigenvalue weighted by Crippen LogP contribution is 2.11. The van der Waals surface area contributed by atoms with Crippen molar-refractivity contribution in [2.45, 2.75) is 77.2 Å². The van der Waals surface area contributed by atoms with E-state index in [1.54, 1.807) is 0 Å². The van der Waals surface area contributed by atoms with Crippen LogP contribution in [0, 0.1) is 0 Å². The molecule has 1 atom stereocenters. The molecule has 0 rings (SSSR count). The van der Waals surface area contributed by atoms with E-state index in [0.29, 0.717) is 6.04 Å². The zero-order chi connectivity index (χ0) is 12.1. The van der Waals surface area contributed by atoms with Gasteiger partial charge in [-0.05, 0) is 19.3 Å². The fourth-order valence-corrected chi connectivity index (χ4v) is 1.98. The zero-order valence-electron chi connectivity index (χ0n) is 11.0. The Bertz CT molecular complexity index is 146. The minimum Gasteiger partial charge on any atom is -0.271 e. The number of hydrogen-bond donors (Lipinski definition) is 2. The summed E-state index contributed by atoms with van der Waals surface area (Å²) in [5, 5.41) is 0. The molecule has 0 aromatic heterocycles. The van der Waals surface area contributed by atoms with Crippen molar-refractivity contribution in [2.24, 2.45) is 5.84 Å². The minimum atomic E-state index is 0.480. The van der Waals surface area contributed by atoms with Crippen LogP contribution in [0.2, 0.25) is 0 Å². The number of unbranched alkanes of at least 4 members (excludes halogenated alkanes) is 6. The van der Waals surface area contributed by atoms with Crippen LogP contribution in [0.3, 0.4) is 0 Å². The molecule has 0 radical (unpaired) electrons. The lowest BCUT2D eigenvalue weighted by atomic mass is 10.0. The molecule has 0 heterocycles. The van der Waals surface area contributed by atoms with E-state index in [4.69, 9.17) is 5.84 Å². The Morgan fingerprint density at radius 2 is 1.69 bits per heavy atom. The fourth-order valence-electron chi connectivity index (χ4n) is 1.98. The number of allylic oxidation sites excluding steroid dienone is 1. The maximum Gasteiger partial charge on any atom is 0.0213 e. The van der Waals surface area contributed by atoms with Gasteiger partial charge in [0.05, 0.1) is 0 Å². The summed E-state index contributed by atoms with van der Waals surface area (Å²) in [4.78, 5) is 0. The van der Waals surface area contributed by atoms with Crippen molar-refractivity contribution in [2.75, 3.05) is 0 Å². The monoisotopic (exact) mass is 226 g/mol. The molecule has 0 amide bonds. The lowest BCUT2D eigenvalue weighted by Gasteiger charge is -2.14. The molecule has 0 aliphatic rings. The molecule has 0 fully saturated rings. The van der Waals surface area contributed by atoms with E-state index in [0.717, 1.165) is 12.8 Å². The molecular weight excluding hydrogens is 196 g/mol. The van der Waals surface area contributed by atoms with Crippen LogP contribution < -0.4 is 11.3 Å². The average Bonchev–Trinajstić information content (AvgIpc) is 2.32. The molecule has 0 bridgehead atoms. The van der Waals surface area contributed by atoms with Gasteiger partial charge < -0.3 is 0 Å². The molecule has 0 aliphatic carbocycles. The van der Waals surface area contributed by atoms with Gasteiger partial charge in [-0.25, -0.2) is 0 Å². The Hall–Kier alpha value is -0.340. The quantitative estimate of drug-likeness (QED) is 0.229. The van der Waals surface area contributed by atoms with Gasteiger partial charge in [0.25, 0.3) is 0 Å². The molecule has 0 aromatic carbocycles. The van der Waals surface area contributed by atoms with E-state index in [1.165, 1.54) is 51.4 Å². The first-order chi connectivity index (χ1) is 7.85. The van der Waals surface area contributed by atoms with E-state index in [-0.39, 0.29) is 0 Å². The molecule has 96 valence electrons. The van der Waals surface area contributed by atoms with Crippen molar-refractivity contribution >= 4 is 0 Å². The van der Waals surface area contributed by atoms with Crippen LogP contribution in [0.15, 0.2) is 12.7 Å². The third-order valence-corrected chi connectivity index (χ3v) is 3.11. The maximum absolute atomic E-state index is 5.51. The molecule has 0 aromatic rings. The van der Waals surface area contributed by atoms with Crippen LogP contribution in [0.25, 0.3) is 0 Å². The van der Waals surface area contributed by atoms with Crippen LogP contribution in [-0.2, 0) is 0 Å². The number of nitrogens with one attached hydrogen (secondary N) is 1. The first-order valence-corrected chi connectivity index (χ1v) is 6.92. The third kappa shape index (κ3) is 10.2. The van der Waals surface area contributed by atoms with Gasteiger partial charge >= 0.3 is 0 Å². The average molecular weight is 226 g/mol. The van der Waals surface area contributed by atoms with E-state index < -0.39 is 0 Å². The third-order valence-electron chi connectivity index (χ3n) is 3.11. The van der Waals surface area contributed by atoms with Crippen molar-refractivity contribution in [1.82, 2.24) is 5.43 Å². The molecule has 2 heteroatoms. The fraction of sp³-hybridized carbons (Fsp3) is 0.857. The highest BCUT2D eigenvalue weighted by atomic mass is 15.2. The van der Waals surface area contributed by atoms with E-state index in [1.807, 2.05) is 6.08 Å². The number of nitrogens with two attached hydrogens (primary N) is 1. The lowest BCUT2D eigenvalue weighted by Crippen LogP contribution is -2.34. The summed E-state index contributed by atoms with van der Waals surface area (Å²) in [5.74, 6) is 5.51. The zero-order valence-corrected chi connectivity index (χ0v) is 11.0. The van der Waals surface area contributed by atoms with Crippen LogP contribution in [-0.4, -0.2) is 6.04 Å². The summed E-state index contributed by atoms with van der Waals surface area (Å²) in [6, 6.07) is 0.480. The highest BCUT2D eigenvalue weighted by Gasteiger charge is 2.04. The van der Waals surface area contributed by atoms with Crippen molar-refractivity contribution in [1.29, 1.82) is 0 Å². The Labute approximate surface area is 102 Å². The molecule has 3 N–H and O–H groups in total. The summed E-state index contributed by atoms with van der Waals surface area (Å²) in [5.41, 5.74) is 2.90. The molecule has 0 saturated heterocycles. The maximum atomic E-state index is 5.51. The number of hydrazine groups is 1. The summed E-state index contributed by atoms with van der Waals surface area (Å²) in [6.45, 7) is 6.00. The van der Waals surface area contributed by atoms with Gasteiger partial charge in [-0.2, -0.15) is 0 Å². The lowest BCUT2D eigenvalue weighted by molar-refractivity contribution is 0.440. The van der Waals surface area contributed by atoms with Crippen molar-refractivity contribution in [3.8, 4) is 0 Å². The molecule has 16 heavy (non-hydrogen) atoms. The first kappa shape index (κ1) is 15.7. The molecule has 0 aliphatic heterocycles. The smallest absolute Gasteiger partial charge is 0.0213 e. The standard InChI is InChI=1S/C14H30N2/c1-3-5-7-8-9-10-11-13-14(16-15)12-6-4-2/h4,14,16H,2-3,5-13,15H2,1H3. The van der Waals surface area contributed by atoms with Gasteiger partial charge in [-0.1, -0.05) is 57.9 Å². The molecule has 0 spiro atoms. The van der Waals surface area contributed by atoms with Gasteiger partial charge in [0.1, 0.15) is 0 Å². The predicted octanol–water partition coefficient (Wildman–Crippen LogP) is 3.93. The van der Waals surface area contributed by atoms with Crippen LogP contribution >= 0.6 is 0 Å². The Kier molecular flexibility index (Phi) is 12.5. The van der Waals surface area contributed by atoms with E-state index >= 15 is 0 Å². The second-order valence-corrected chi connectivity index (χ2v) is 4.64. The molecule has 0 saturated carbocycles. The highest BCUT2D eigenvalue weighted by molar-refractivity contribution is 4.72. The predicted molar refractivity (Wildman–Crippen MR) is 73.2 cm³/mol. The van der Waals surface area contributed by atoms with Gasteiger partial charge in [-0.3, -0.25) is 11.3 Å². The Balaban J connectivity index is 3.23. The molecule has 1 unspecified atom stereocenters. The van der Waals surface area contributed by atoms with Crippen LogP contribution in [0.5, 0.6) is 0 Å². The molecule has 2 nitrogen and oxygen atoms in total. The number of hydrogen-bond acceptors (Lipinski definition) is 2. The van der Waals surface area contributed by atoms with Gasteiger partial charge in [0.2, 0.25) is 0 Å². The Morgan fingerprint density at radius 3 is 2.25 bits per heavy atom. The minimum absolute atomic E-state index is 0.480. The van der Waals surface area contributed by atoms with Gasteiger partial charge in [0, 0.05) is 6.04 Å². The molecular formula is C14H30N2. The van der Waals surface area contributed by atoms with Gasteiger partial charge in [0.15, 0.2) is 0 Å². The summed E-state index contributed by atoms with van der Waals surface area (Å²) >= 11 is 0. The normalized spacial score (nSPS) is 12.6. The topological polar surface area (TPSA) is 38.0 Å². The summed E-state index contributed by atoms with van der Waals surface area (Å²) in [7, 11) is 0. The van der Waals surface area contributed by atoms with Crippen molar-refractivity contribution < 1.29 is 0 Å². The van der Waals surface area contributed by atoms with Crippen LogP contribution in [0.4, 0.5) is 0 Å². The second kappa shape index (κ2) is 12.7. The summed E-state index contributed by atoms with van der Waals surface area (Å²) < 4.78 is 0. The van der Waals surface area contributed by atoms with Crippen LogP contribution in [0.1, 0.15) is 71.1 Å². The van der Waals surface area contributed by atoms with E-state index in [9.17, 15) is 0 Å². The van der Waals surface area contributed by atoms with Crippen molar-refractivity contribution in [3.63, 3.8) is 0 Å². The summed E-state index contributed by atoms with van der Waals surface area (Å²) in [6.07, 6.45) is 14.9. The second-order valence-electron chi connectivity index (χ2n) is 4.64. The largest absolute Gasteiger partial charge is 0.271 e. The van der Waals surface area contributed by atoms with Gasteiger partial charge in [-0.15, -0.1) is 6.58 Å². The van der Waals surface area contributed by atoms with Crippen molar-refractivity contribution in [3.05, 3.63) is 12.7 Å². The van der Waals surface area contributed by atoms with E-state index in [2.05, 4.69) is 18.9 Å².